The van der Waals surface area contributed by atoms with Crippen LogP contribution >= 0.6 is 0 Å². The molecule has 2 aromatic rings. The number of carboxylic acid groups (broad SMARTS) is 1. The van der Waals surface area contributed by atoms with Gasteiger partial charge in [-0.1, -0.05) is 56.5 Å². The van der Waals surface area contributed by atoms with Gasteiger partial charge in [0.1, 0.15) is 0 Å². The molecule has 3 rings (SSSR count). The number of aliphatic hydroxyl groups excluding tert-OH is 2. The van der Waals surface area contributed by atoms with Crippen molar-refractivity contribution >= 4 is 5.97 Å². The van der Waals surface area contributed by atoms with Crippen LogP contribution in [0.25, 0.3) is 5.69 Å². The van der Waals surface area contributed by atoms with E-state index in [2.05, 4.69) is 29.7 Å². The summed E-state index contributed by atoms with van der Waals surface area (Å²) in [7, 11) is 0. The van der Waals surface area contributed by atoms with E-state index in [1.54, 1.807) is 0 Å². The molecule has 2 N–H and O–H groups in total. The number of unbranched alkanes of at least 4 members (excludes halogenated alkanes) is 3. The first-order chi connectivity index (χ1) is 15.0. The van der Waals surface area contributed by atoms with Crippen molar-refractivity contribution in [3.63, 3.8) is 0 Å². The van der Waals surface area contributed by atoms with E-state index < -0.39 is 18.2 Å². The Hall–Kier alpha value is -0.734. The third kappa shape index (κ3) is 7.39. The monoisotopic (exact) mass is 463 g/mol. The Morgan fingerprint density at radius 3 is 2.66 bits per heavy atom. The molecule has 0 saturated heterocycles. The van der Waals surface area contributed by atoms with Crippen molar-refractivity contribution in [1.82, 2.24) is 4.57 Å². The first-order valence-electron chi connectivity index (χ1n) is 11.5. The summed E-state index contributed by atoms with van der Waals surface area (Å²) in [5.74, 6) is -1.14. The van der Waals surface area contributed by atoms with Crippen LogP contribution in [0.3, 0.4) is 0 Å². The summed E-state index contributed by atoms with van der Waals surface area (Å²) < 4.78 is 2.21. The normalized spacial score (nSPS) is 18.5. The second-order valence-electron chi connectivity index (χ2n) is 8.53. The van der Waals surface area contributed by atoms with E-state index in [9.17, 15) is 20.1 Å². The number of fused-ring (bicyclic) bond motifs is 1. The summed E-state index contributed by atoms with van der Waals surface area (Å²) >= 11 is 0. The number of aromatic nitrogens is 1. The van der Waals surface area contributed by atoms with E-state index in [1.807, 2.05) is 30.4 Å². The number of carbonyl (C=O) groups is 1. The first-order valence-corrected chi connectivity index (χ1v) is 11.5. The van der Waals surface area contributed by atoms with Crippen LogP contribution in [0.4, 0.5) is 0 Å². The molecule has 5 nitrogen and oxygen atoms in total. The van der Waals surface area contributed by atoms with Crippen molar-refractivity contribution in [2.24, 2.45) is 0 Å². The van der Waals surface area contributed by atoms with Crippen LogP contribution in [0.5, 0.6) is 0 Å². The van der Waals surface area contributed by atoms with Gasteiger partial charge in [0, 0.05) is 35.4 Å². The van der Waals surface area contributed by atoms with Crippen molar-refractivity contribution < 1.29 is 71.5 Å². The summed E-state index contributed by atoms with van der Waals surface area (Å²) in [4.78, 5) is 10.7. The fraction of sp³-hybridized carbons (Fsp3) is 0.500. The zero-order chi connectivity index (χ0) is 22.2. The molecule has 1 aliphatic carbocycles. The molecule has 0 radical (unpaired) electrons. The van der Waals surface area contributed by atoms with Gasteiger partial charge in [0.15, 0.2) is 0 Å². The first kappa shape index (κ1) is 27.5. The predicted molar refractivity (Wildman–Crippen MR) is 120 cm³/mol. The summed E-state index contributed by atoms with van der Waals surface area (Å²) in [6.07, 6.45) is 9.54. The summed E-state index contributed by atoms with van der Waals surface area (Å²) in [6, 6.07) is 12.2. The Balaban J connectivity index is 0.00000363. The number of aryl methyl sites for hydroxylation is 1. The van der Waals surface area contributed by atoms with E-state index in [4.69, 9.17) is 0 Å². The van der Waals surface area contributed by atoms with Crippen LogP contribution in [-0.4, -0.2) is 33.0 Å². The zero-order valence-corrected chi connectivity index (χ0v) is 22.5. The van der Waals surface area contributed by atoms with Crippen LogP contribution in [0, 0.1) is 0 Å². The molecule has 3 unspecified atom stereocenters. The van der Waals surface area contributed by atoms with E-state index in [-0.39, 0.29) is 63.7 Å². The third-order valence-electron chi connectivity index (χ3n) is 6.11. The van der Waals surface area contributed by atoms with Gasteiger partial charge in [0.25, 0.3) is 0 Å². The summed E-state index contributed by atoms with van der Waals surface area (Å²) in [5.41, 5.74) is 4.38. The largest absolute Gasteiger partial charge is 1.00 e. The molecule has 3 atom stereocenters. The van der Waals surface area contributed by atoms with Crippen LogP contribution in [0.1, 0.15) is 74.7 Å². The second-order valence-corrected chi connectivity index (χ2v) is 8.53. The van der Waals surface area contributed by atoms with Gasteiger partial charge in [0.05, 0.1) is 12.2 Å². The molecule has 32 heavy (non-hydrogen) atoms. The predicted octanol–water partition coefficient (Wildman–Crippen LogP) is 0.442. The Morgan fingerprint density at radius 1 is 1.22 bits per heavy atom. The molecule has 1 aromatic carbocycles. The number of aliphatic hydroxyl groups is 2. The maximum absolute atomic E-state index is 10.7. The van der Waals surface area contributed by atoms with Crippen molar-refractivity contribution in [2.45, 2.75) is 82.8 Å². The smallest absolute Gasteiger partial charge is 0.550 e. The zero-order valence-electron chi connectivity index (χ0n) is 19.4. The minimum Gasteiger partial charge on any atom is -0.550 e. The molecular weight excluding hydrogens is 429 g/mol. The second kappa shape index (κ2) is 13.8. The van der Waals surface area contributed by atoms with E-state index in [0.29, 0.717) is 12.8 Å². The van der Waals surface area contributed by atoms with Crippen molar-refractivity contribution in [3.05, 3.63) is 65.5 Å². The molecule has 0 spiro atoms. The van der Waals surface area contributed by atoms with Crippen molar-refractivity contribution in [2.75, 3.05) is 0 Å². The fourth-order valence-electron chi connectivity index (χ4n) is 4.50. The molecule has 0 aliphatic heterocycles. The molecular formula is C26H34KNO4. The molecule has 1 aromatic heterocycles. The van der Waals surface area contributed by atoms with Crippen LogP contribution in [0.15, 0.2) is 48.6 Å². The molecule has 0 fully saturated rings. The Kier molecular flexibility index (Phi) is 11.9. The third-order valence-corrected chi connectivity index (χ3v) is 6.11. The van der Waals surface area contributed by atoms with E-state index in [1.165, 1.54) is 0 Å². The van der Waals surface area contributed by atoms with Gasteiger partial charge < -0.3 is 24.7 Å². The Morgan fingerprint density at radius 2 is 1.97 bits per heavy atom. The fourth-order valence-corrected chi connectivity index (χ4v) is 4.50. The van der Waals surface area contributed by atoms with E-state index >= 15 is 0 Å². The average Bonchev–Trinajstić information content (AvgIpc) is 3.24. The Bertz CT molecular complexity index is 877. The number of hydrogen-bond donors (Lipinski definition) is 2. The van der Waals surface area contributed by atoms with Crippen LogP contribution in [0.2, 0.25) is 0 Å². The quantitative estimate of drug-likeness (QED) is 0.272. The molecule has 1 aliphatic rings. The number of carbonyl (C=O) groups excluding carboxylic acids is 1. The number of benzene rings is 1. The molecule has 0 saturated carbocycles. The Labute approximate surface area is 234 Å². The van der Waals surface area contributed by atoms with Gasteiger partial charge in [-0.15, -0.1) is 0 Å². The standard InChI is InChI=1S/C26H35NO4.K/c1-2-3-5-13-21(28)15-16-22-23-17-20(12-8-9-14-26(30)31)27(24(23)18-25(22)29)19-10-6-4-7-11-19;/h4,6-7,10-11,15-17,21-22,25,28-29H,2-3,5,8-9,12-14,18H2,1H3,(H,30,31);/q;+1/p-1. The maximum Gasteiger partial charge on any atom is 1.00 e. The van der Waals surface area contributed by atoms with Crippen LogP contribution < -0.4 is 56.5 Å². The average molecular weight is 464 g/mol. The van der Waals surface area contributed by atoms with Gasteiger partial charge >= 0.3 is 51.4 Å². The topological polar surface area (TPSA) is 85.5 Å². The van der Waals surface area contributed by atoms with E-state index in [0.717, 1.165) is 61.2 Å². The van der Waals surface area contributed by atoms with Gasteiger partial charge in [0.2, 0.25) is 0 Å². The number of aliphatic carboxylic acids is 1. The van der Waals surface area contributed by atoms with Gasteiger partial charge in [-0.05, 0) is 55.9 Å². The number of para-hydroxylation sites is 1. The van der Waals surface area contributed by atoms with Crippen molar-refractivity contribution in [3.8, 4) is 5.69 Å². The summed E-state index contributed by atoms with van der Waals surface area (Å²) in [5, 5.41) is 31.7. The van der Waals surface area contributed by atoms with Crippen molar-refractivity contribution in [1.29, 1.82) is 0 Å². The molecule has 6 heteroatoms. The number of rotatable bonds is 12. The minimum absolute atomic E-state index is 0. The molecule has 168 valence electrons. The van der Waals surface area contributed by atoms with Gasteiger partial charge in [-0.25, -0.2) is 0 Å². The molecule has 1 heterocycles. The SMILES string of the molecule is CCCCCC(O)C=CC1c2cc(CCCCC(=O)[O-])n(-c3ccccc3)c2CC1O.[K+]. The number of carboxylic acids is 1. The minimum atomic E-state index is -1.01. The van der Waals surface area contributed by atoms with Gasteiger partial charge in [-0.3, -0.25) is 0 Å². The number of hydrogen-bond acceptors (Lipinski definition) is 4. The summed E-state index contributed by atoms with van der Waals surface area (Å²) in [6.45, 7) is 2.15. The molecule has 0 bridgehead atoms. The molecule has 0 amide bonds. The van der Waals surface area contributed by atoms with Crippen LogP contribution in [-0.2, 0) is 17.6 Å². The maximum atomic E-state index is 10.7. The van der Waals surface area contributed by atoms with Gasteiger partial charge in [-0.2, -0.15) is 0 Å². The number of nitrogens with zero attached hydrogens (tertiary/aromatic N) is 1.